The van der Waals surface area contributed by atoms with Crippen LogP contribution in [-0.2, 0) is 0 Å². The number of hydrogen-bond acceptors (Lipinski definition) is 4. The lowest BCUT2D eigenvalue weighted by Gasteiger charge is -2.27. The highest BCUT2D eigenvalue weighted by molar-refractivity contribution is 5.45. The molecular formula is C13H20N4. The van der Waals surface area contributed by atoms with Gasteiger partial charge in [-0.05, 0) is 37.0 Å². The van der Waals surface area contributed by atoms with E-state index >= 15 is 0 Å². The average Bonchev–Trinajstić information content (AvgIpc) is 2.91. The van der Waals surface area contributed by atoms with Crippen molar-refractivity contribution in [1.82, 2.24) is 9.97 Å². The second kappa shape index (κ2) is 4.17. The lowest BCUT2D eigenvalue weighted by molar-refractivity contribution is 0.337. The van der Waals surface area contributed by atoms with Crippen molar-refractivity contribution < 1.29 is 0 Å². The Morgan fingerprint density at radius 1 is 1.35 bits per heavy atom. The molecule has 1 heterocycles. The van der Waals surface area contributed by atoms with Crippen molar-refractivity contribution in [3.8, 4) is 0 Å². The third-order valence-corrected chi connectivity index (χ3v) is 4.46. The van der Waals surface area contributed by atoms with Crippen LogP contribution >= 0.6 is 0 Å². The number of nitrogens with two attached hydrogens (primary N) is 1. The summed E-state index contributed by atoms with van der Waals surface area (Å²) in [6.45, 7) is 1.11. The number of anilines is 2. The quantitative estimate of drug-likeness (QED) is 0.865. The van der Waals surface area contributed by atoms with E-state index in [1.54, 1.807) is 6.33 Å². The number of aromatic nitrogens is 2. The Bertz CT molecular complexity index is 406. The maximum atomic E-state index is 5.69. The van der Waals surface area contributed by atoms with Gasteiger partial charge in [-0.25, -0.2) is 9.97 Å². The van der Waals surface area contributed by atoms with Gasteiger partial charge in [0.1, 0.15) is 18.0 Å². The number of hydrogen-bond donors (Lipinski definition) is 1. The maximum absolute atomic E-state index is 5.69. The normalized spacial score (nSPS) is 30.8. The van der Waals surface area contributed by atoms with Gasteiger partial charge in [-0.1, -0.05) is 6.42 Å². The molecule has 4 nitrogen and oxygen atoms in total. The molecule has 92 valence electrons. The van der Waals surface area contributed by atoms with Gasteiger partial charge in [-0.15, -0.1) is 0 Å². The molecule has 3 unspecified atom stereocenters. The monoisotopic (exact) mass is 232 g/mol. The fourth-order valence-electron chi connectivity index (χ4n) is 3.62. The molecule has 0 aliphatic heterocycles. The Morgan fingerprint density at radius 2 is 2.24 bits per heavy atom. The predicted octanol–water partition coefficient (Wildman–Crippen LogP) is 1.93. The molecule has 0 amide bonds. The molecule has 0 saturated heterocycles. The van der Waals surface area contributed by atoms with Gasteiger partial charge in [-0.3, -0.25) is 0 Å². The SMILES string of the molecule is CN(CC1CC2CCC1C2)c1cc(N)ncn1. The van der Waals surface area contributed by atoms with Gasteiger partial charge in [0.15, 0.2) is 0 Å². The smallest absolute Gasteiger partial charge is 0.133 e. The van der Waals surface area contributed by atoms with E-state index in [-0.39, 0.29) is 0 Å². The van der Waals surface area contributed by atoms with Crippen molar-refractivity contribution in [3.05, 3.63) is 12.4 Å². The number of nitrogen functional groups attached to an aromatic ring is 1. The van der Waals surface area contributed by atoms with E-state index in [1.807, 2.05) is 6.07 Å². The topological polar surface area (TPSA) is 55.0 Å². The molecule has 1 aromatic heterocycles. The Balaban J connectivity index is 1.65. The summed E-state index contributed by atoms with van der Waals surface area (Å²) in [6.07, 6.45) is 7.32. The zero-order valence-electron chi connectivity index (χ0n) is 10.3. The molecule has 4 heteroatoms. The summed E-state index contributed by atoms with van der Waals surface area (Å²) < 4.78 is 0. The summed E-state index contributed by atoms with van der Waals surface area (Å²) in [7, 11) is 2.10. The van der Waals surface area contributed by atoms with E-state index in [0.29, 0.717) is 5.82 Å². The second-order valence-corrected chi connectivity index (χ2v) is 5.62. The Morgan fingerprint density at radius 3 is 2.88 bits per heavy atom. The minimum atomic E-state index is 0.551. The van der Waals surface area contributed by atoms with Gasteiger partial charge in [0.05, 0.1) is 0 Å². The first-order valence-electron chi connectivity index (χ1n) is 6.51. The van der Waals surface area contributed by atoms with Gasteiger partial charge in [-0.2, -0.15) is 0 Å². The van der Waals surface area contributed by atoms with Gasteiger partial charge in [0.2, 0.25) is 0 Å². The van der Waals surface area contributed by atoms with Crippen molar-refractivity contribution in [2.75, 3.05) is 24.2 Å². The molecule has 2 fully saturated rings. The minimum absolute atomic E-state index is 0.551. The Labute approximate surface area is 102 Å². The van der Waals surface area contributed by atoms with E-state index < -0.39 is 0 Å². The molecule has 3 atom stereocenters. The third-order valence-electron chi connectivity index (χ3n) is 4.46. The van der Waals surface area contributed by atoms with Crippen LogP contribution in [0.15, 0.2) is 12.4 Å². The van der Waals surface area contributed by atoms with E-state index in [4.69, 9.17) is 5.73 Å². The summed E-state index contributed by atoms with van der Waals surface area (Å²) >= 11 is 0. The summed E-state index contributed by atoms with van der Waals surface area (Å²) in [5.74, 6) is 4.32. The van der Waals surface area contributed by atoms with E-state index in [9.17, 15) is 0 Å². The van der Waals surface area contributed by atoms with E-state index in [1.165, 1.54) is 25.7 Å². The maximum Gasteiger partial charge on any atom is 0.133 e. The van der Waals surface area contributed by atoms with Crippen LogP contribution < -0.4 is 10.6 Å². The summed E-state index contributed by atoms with van der Waals surface area (Å²) in [5, 5.41) is 0. The molecule has 2 aliphatic carbocycles. The lowest BCUT2D eigenvalue weighted by atomic mass is 9.88. The number of rotatable bonds is 3. The van der Waals surface area contributed by atoms with Gasteiger partial charge in [0.25, 0.3) is 0 Å². The van der Waals surface area contributed by atoms with Gasteiger partial charge in [0, 0.05) is 19.7 Å². The molecule has 0 radical (unpaired) electrons. The zero-order valence-corrected chi connectivity index (χ0v) is 10.3. The van der Waals surface area contributed by atoms with Crippen molar-refractivity contribution in [3.63, 3.8) is 0 Å². The fourth-order valence-corrected chi connectivity index (χ4v) is 3.62. The molecule has 2 N–H and O–H groups in total. The van der Waals surface area contributed by atoms with Crippen molar-refractivity contribution in [1.29, 1.82) is 0 Å². The van der Waals surface area contributed by atoms with Crippen LogP contribution in [0.25, 0.3) is 0 Å². The number of nitrogens with zero attached hydrogens (tertiary/aromatic N) is 3. The molecule has 2 bridgehead atoms. The van der Waals surface area contributed by atoms with E-state index in [2.05, 4.69) is 21.9 Å². The highest BCUT2D eigenvalue weighted by Gasteiger charge is 2.39. The molecule has 2 aliphatic rings. The van der Waals surface area contributed by atoms with Gasteiger partial charge < -0.3 is 10.6 Å². The zero-order chi connectivity index (χ0) is 11.8. The van der Waals surface area contributed by atoms with Crippen molar-refractivity contribution >= 4 is 11.6 Å². The van der Waals surface area contributed by atoms with Crippen LogP contribution in [0.5, 0.6) is 0 Å². The first-order chi connectivity index (χ1) is 8.22. The average molecular weight is 232 g/mol. The number of fused-ring (bicyclic) bond motifs is 2. The second-order valence-electron chi connectivity index (χ2n) is 5.62. The largest absolute Gasteiger partial charge is 0.384 e. The highest BCUT2D eigenvalue weighted by Crippen LogP contribution is 2.48. The Hall–Kier alpha value is -1.32. The highest BCUT2D eigenvalue weighted by atomic mass is 15.2. The van der Waals surface area contributed by atoms with Crippen LogP contribution in [0.3, 0.4) is 0 Å². The summed E-state index contributed by atoms with van der Waals surface area (Å²) in [6, 6.07) is 1.85. The van der Waals surface area contributed by atoms with Crippen LogP contribution in [0, 0.1) is 17.8 Å². The molecule has 0 spiro atoms. The van der Waals surface area contributed by atoms with Crippen LogP contribution in [0.4, 0.5) is 11.6 Å². The summed E-state index contributed by atoms with van der Waals surface area (Å²) in [5.41, 5.74) is 5.69. The fraction of sp³-hybridized carbons (Fsp3) is 0.692. The molecule has 2 saturated carbocycles. The van der Waals surface area contributed by atoms with Crippen molar-refractivity contribution in [2.24, 2.45) is 17.8 Å². The molecule has 3 rings (SSSR count). The molecular weight excluding hydrogens is 212 g/mol. The standard InChI is InChI=1S/C13H20N4/c1-17(13-6-12(14)15-8-16-13)7-11-5-9-2-3-10(11)4-9/h6,8-11H,2-5,7H2,1H3,(H2,14,15,16). The van der Waals surface area contributed by atoms with Crippen LogP contribution in [0.2, 0.25) is 0 Å². The first-order valence-corrected chi connectivity index (χ1v) is 6.51. The molecule has 1 aromatic rings. The van der Waals surface area contributed by atoms with Crippen LogP contribution in [0.1, 0.15) is 25.7 Å². The first kappa shape index (κ1) is 10.8. The molecule has 17 heavy (non-hydrogen) atoms. The minimum Gasteiger partial charge on any atom is -0.384 e. The lowest BCUT2D eigenvalue weighted by Crippen LogP contribution is -2.29. The van der Waals surface area contributed by atoms with E-state index in [0.717, 1.165) is 30.1 Å². The van der Waals surface area contributed by atoms with Crippen LogP contribution in [-0.4, -0.2) is 23.6 Å². The Kier molecular flexibility index (Phi) is 2.65. The van der Waals surface area contributed by atoms with Crippen molar-refractivity contribution in [2.45, 2.75) is 25.7 Å². The summed E-state index contributed by atoms with van der Waals surface area (Å²) in [4.78, 5) is 10.4. The third kappa shape index (κ3) is 2.08. The van der Waals surface area contributed by atoms with Gasteiger partial charge >= 0.3 is 0 Å². The molecule has 0 aromatic carbocycles. The predicted molar refractivity (Wildman–Crippen MR) is 68.7 cm³/mol.